The standard InChI is InChI=1S/C17H15ClN4O3S/c1-22-10-14(20-16(22)11-6-2-3-7-12(11)18)17(23)21-26(24,25)15-9-5-4-8-13(15)19/h2-10H,19H2,1H3,(H,21,23). The minimum Gasteiger partial charge on any atom is -0.398 e. The number of para-hydroxylation sites is 1. The van der Waals surface area contributed by atoms with Crippen molar-refractivity contribution >= 4 is 33.2 Å². The number of rotatable bonds is 4. The summed E-state index contributed by atoms with van der Waals surface area (Å²) in [5, 5.41) is 0.470. The fourth-order valence-electron chi connectivity index (χ4n) is 2.42. The van der Waals surface area contributed by atoms with E-state index in [4.69, 9.17) is 17.3 Å². The van der Waals surface area contributed by atoms with Crippen molar-refractivity contribution in [3.63, 3.8) is 0 Å². The molecule has 7 nitrogen and oxygen atoms in total. The molecule has 0 aliphatic heterocycles. The molecule has 3 aromatic rings. The maximum atomic E-state index is 12.4. The SMILES string of the molecule is Cn1cc(C(=O)NS(=O)(=O)c2ccccc2N)nc1-c1ccccc1Cl. The quantitative estimate of drug-likeness (QED) is 0.665. The second-order valence-electron chi connectivity index (χ2n) is 5.51. The molecule has 0 saturated heterocycles. The summed E-state index contributed by atoms with van der Waals surface area (Å²) in [5.41, 5.74) is 6.30. The van der Waals surface area contributed by atoms with Gasteiger partial charge in [0.2, 0.25) is 0 Å². The molecule has 2 aromatic carbocycles. The van der Waals surface area contributed by atoms with Gasteiger partial charge in [-0.1, -0.05) is 35.9 Å². The number of nitrogens with zero attached hydrogens (tertiary/aromatic N) is 2. The normalized spacial score (nSPS) is 11.3. The van der Waals surface area contributed by atoms with Gasteiger partial charge in [0.25, 0.3) is 15.9 Å². The van der Waals surface area contributed by atoms with E-state index in [1.807, 2.05) is 4.72 Å². The van der Waals surface area contributed by atoms with Gasteiger partial charge in [-0.05, 0) is 24.3 Å². The Hall–Kier alpha value is -2.84. The lowest BCUT2D eigenvalue weighted by atomic mass is 10.2. The number of nitrogens with one attached hydrogen (secondary N) is 1. The molecule has 0 spiro atoms. The van der Waals surface area contributed by atoms with Gasteiger partial charge in [-0.2, -0.15) is 0 Å². The van der Waals surface area contributed by atoms with E-state index in [1.54, 1.807) is 41.9 Å². The van der Waals surface area contributed by atoms with Gasteiger partial charge < -0.3 is 10.3 Å². The van der Waals surface area contributed by atoms with E-state index in [2.05, 4.69) is 4.98 Å². The van der Waals surface area contributed by atoms with E-state index < -0.39 is 15.9 Å². The molecule has 0 bridgehead atoms. The van der Waals surface area contributed by atoms with Crippen molar-refractivity contribution in [1.82, 2.24) is 14.3 Å². The minimum absolute atomic E-state index is 0.0468. The average Bonchev–Trinajstić information content (AvgIpc) is 2.97. The van der Waals surface area contributed by atoms with Crippen LogP contribution in [0.5, 0.6) is 0 Å². The molecule has 0 fully saturated rings. The first-order valence-corrected chi connectivity index (χ1v) is 9.35. The molecular formula is C17H15ClN4O3S. The van der Waals surface area contributed by atoms with E-state index in [-0.39, 0.29) is 16.3 Å². The van der Waals surface area contributed by atoms with E-state index in [9.17, 15) is 13.2 Å². The number of aromatic nitrogens is 2. The Morgan fingerprint density at radius 2 is 1.81 bits per heavy atom. The number of aryl methyl sites for hydroxylation is 1. The molecule has 26 heavy (non-hydrogen) atoms. The average molecular weight is 391 g/mol. The summed E-state index contributed by atoms with van der Waals surface area (Å²) in [4.78, 5) is 16.4. The van der Waals surface area contributed by atoms with Crippen LogP contribution in [0, 0.1) is 0 Å². The number of anilines is 1. The van der Waals surface area contributed by atoms with Crippen LogP contribution in [0.25, 0.3) is 11.4 Å². The third kappa shape index (κ3) is 3.42. The van der Waals surface area contributed by atoms with E-state index in [0.29, 0.717) is 16.4 Å². The zero-order valence-corrected chi connectivity index (χ0v) is 15.3. The number of nitrogens with two attached hydrogens (primary N) is 1. The first-order valence-electron chi connectivity index (χ1n) is 7.49. The van der Waals surface area contributed by atoms with Crippen molar-refractivity contribution in [1.29, 1.82) is 0 Å². The van der Waals surface area contributed by atoms with Crippen LogP contribution >= 0.6 is 11.6 Å². The van der Waals surface area contributed by atoms with Crippen LogP contribution in [-0.4, -0.2) is 23.9 Å². The van der Waals surface area contributed by atoms with E-state index in [0.717, 1.165) is 0 Å². The van der Waals surface area contributed by atoms with Crippen LogP contribution in [0.15, 0.2) is 59.6 Å². The molecule has 0 aliphatic carbocycles. The Labute approximate surface area is 155 Å². The maximum Gasteiger partial charge on any atom is 0.285 e. The summed E-state index contributed by atoms with van der Waals surface area (Å²) in [7, 11) is -2.43. The predicted molar refractivity (Wildman–Crippen MR) is 99.2 cm³/mol. The molecule has 134 valence electrons. The van der Waals surface area contributed by atoms with Crippen molar-refractivity contribution in [3.05, 3.63) is 65.4 Å². The molecule has 3 rings (SSSR count). The lowest BCUT2D eigenvalue weighted by molar-refractivity contribution is 0.0977. The Balaban J connectivity index is 1.91. The lowest BCUT2D eigenvalue weighted by Crippen LogP contribution is -2.31. The van der Waals surface area contributed by atoms with Crippen LogP contribution in [0.1, 0.15) is 10.5 Å². The Morgan fingerprint density at radius 1 is 1.15 bits per heavy atom. The van der Waals surface area contributed by atoms with Gasteiger partial charge >= 0.3 is 0 Å². The molecule has 0 radical (unpaired) electrons. The first-order chi connectivity index (χ1) is 12.3. The van der Waals surface area contributed by atoms with E-state index in [1.165, 1.54) is 24.4 Å². The summed E-state index contributed by atoms with van der Waals surface area (Å²) < 4.78 is 28.3. The van der Waals surface area contributed by atoms with Crippen LogP contribution in [0.2, 0.25) is 5.02 Å². The lowest BCUT2D eigenvalue weighted by Gasteiger charge is -2.07. The van der Waals surface area contributed by atoms with Crippen LogP contribution < -0.4 is 10.5 Å². The van der Waals surface area contributed by atoms with Crippen LogP contribution in [-0.2, 0) is 17.1 Å². The van der Waals surface area contributed by atoms with Gasteiger partial charge in [0, 0.05) is 18.8 Å². The number of sulfonamides is 1. The second kappa shape index (κ2) is 6.81. The van der Waals surface area contributed by atoms with Crippen LogP contribution in [0.3, 0.4) is 0 Å². The largest absolute Gasteiger partial charge is 0.398 e. The zero-order chi connectivity index (χ0) is 18.9. The predicted octanol–water partition coefficient (Wildman–Crippen LogP) is 2.44. The number of benzene rings is 2. The number of imidazole rings is 1. The summed E-state index contributed by atoms with van der Waals surface area (Å²) in [6, 6.07) is 12.9. The van der Waals surface area contributed by atoms with Crippen molar-refractivity contribution in [3.8, 4) is 11.4 Å². The van der Waals surface area contributed by atoms with Crippen LogP contribution in [0.4, 0.5) is 5.69 Å². The fourth-order valence-corrected chi connectivity index (χ4v) is 3.74. The second-order valence-corrected chi connectivity index (χ2v) is 7.57. The summed E-state index contributed by atoms with van der Waals surface area (Å²) in [6.07, 6.45) is 1.43. The Kier molecular flexibility index (Phi) is 4.71. The zero-order valence-electron chi connectivity index (χ0n) is 13.7. The van der Waals surface area contributed by atoms with Gasteiger partial charge in [-0.15, -0.1) is 0 Å². The number of hydrogen-bond donors (Lipinski definition) is 2. The number of halogens is 1. The molecule has 1 heterocycles. The summed E-state index contributed by atoms with van der Waals surface area (Å²) in [6.45, 7) is 0. The highest BCUT2D eigenvalue weighted by Crippen LogP contribution is 2.26. The van der Waals surface area contributed by atoms with Gasteiger partial charge in [-0.3, -0.25) is 4.79 Å². The van der Waals surface area contributed by atoms with Gasteiger partial charge in [0.15, 0.2) is 0 Å². The third-order valence-electron chi connectivity index (χ3n) is 3.66. The number of hydrogen-bond acceptors (Lipinski definition) is 5. The Bertz CT molecular complexity index is 1090. The first kappa shape index (κ1) is 18.0. The van der Waals surface area contributed by atoms with Gasteiger partial charge in [0.1, 0.15) is 16.4 Å². The van der Waals surface area contributed by atoms with Crippen molar-refractivity contribution in [2.24, 2.45) is 7.05 Å². The van der Waals surface area contributed by atoms with Crippen molar-refractivity contribution in [2.45, 2.75) is 4.90 Å². The third-order valence-corrected chi connectivity index (χ3v) is 5.39. The smallest absolute Gasteiger partial charge is 0.285 e. The highest BCUT2D eigenvalue weighted by Gasteiger charge is 2.23. The molecule has 0 unspecified atom stereocenters. The monoisotopic (exact) mass is 390 g/mol. The number of carbonyl (C=O) groups excluding carboxylic acids is 1. The number of carbonyl (C=O) groups is 1. The van der Waals surface area contributed by atoms with Gasteiger partial charge in [-0.25, -0.2) is 18.1 Å². The number of nitrogen functional groups attached to an aromatic ring is 1. The molecule has 1 aromatic heterocycles. The summed E-state index contributed by atoms with van der Waals surface area (Å²) >= 11 is 6.16. The Morgan fingerprint density at radius 3 is 2.50 bits per heavy atom. The number of amides is 1. The van der Waals surface area contributed by atoms with E-state index >= 15 is 0 Å². The maximum absolute atomic E-state index is 12.4. The van der Waals surface area contributed by atoms with Crippen molar-refractivity contribution in [2.75, 3.05) is 5.73 Å². The molecular weight excluding hydrogens is 376 g/mol. The minimum atomic E-state index is -4.11. The highest BCUT2D eigenvalue weighted by atomic mass is 35.5. The highest BCUT2D eigenvalue weighted by molar-refractivity contribution is 7.90. The molecule has 1 amide bonds. The molecule has 0 saturated carbocycles. The van der Waals surface area contributed by atoms with Crippen molar-refractivity contribution < 1.29 is 13.2 Å². The summed E-state index contributed by atoms with van der Waals surface area (Å²) in [5.74, 6) is -0.417. The fraction of sp³-hybridized carbons (Fsp3) is 0.0588. The topological polar surface area (TPSA) is 107 Å². The molecule has 3 N–H and O–H groups in total. The molecule has 0 aliphatic rings. The molecule has 9 heteroatoms. The molecule has 0 atom stereocenters. The van der Waals surface area contributed by atoms with Gasteiger partial charge in [0.05, 0.1) is 10.7 Å².